The Bertz CT molecular complexity index is 882. The molecular weight excluding hydrogens is 294 g/mol. The number of aromatic nitrogens is 2. The summed E-state index contributed by atoms with van der Waals surface area (Å²) in [4.78, 5) is 31.3. The van der Waals surface area contributed by atoms with Crippen LogP contribution < -0.4 is 5.32 Å². The highest BCUT2D eigenvalue weighted by atomic mass is 16.5. The Morgan fingerprint density at radius 2 is 1.87 bits per heavy atom. The summed E-state index contributed by atoms with van der Waals surface area (Å²) in [7, 11) is 1.32. The van der Waals surface area contributed by atoms with Crippen molar-refractivity contribution in [2.45, 2.75) is 6.92 Å². The number of hydrogen-bond donors (Lipinski definition) is 2. The second-order valence-electron chi connectivity index (χ2n) is 5.05. The maximum atomic E-state index is 12.5. The lowest BCUT2D eigenvalue weighted by Gasteiger charge is -2.06. The van der Waals surface area contributed by atoms with Crippen molar-refractivity contribution in [3.05, 3.63) is 59.4 Å². The van der Waals surface area contributed by atoms with Crippen LogP contribution >= 0.6 is 0 Å². The molecular formula is C17H15N3O3. The molecule has 0 aliphatic rings. The minimum absolute atomic E-state index is 0.257. The number of ether oxygens (including phenoxy) is 1. The third-order valence-electron chi connectivity index (χ3n) is 3.44. The molecule has 2 N–H and O–H groups in total. The van der Waals surface area contributed by atoms with E-state index in [4.69, 9.17) is 0 Å². The summed E-state index contributed by atoms with van der Waals surface area (Å²) in [6.45, 7) is 1.84. The Labute approximate surface area is 132 Å². The van der Waals surface area contributed by atoms with Crippen LogP contribution in [0, 0.1) is 6.92 Å². The first-order valence-corrected chi connectivity index (χ1v) is 7.03. The third-order valence-corrected chi connectivity index (χ3v) is 3.44. The molecule has 6 nitrogen and oxygen atoms in total. The van der Waals surface area contributed by atoms with Gasteiger partial charge in [0.05, 0.1) is 23.8 Å². The molecule has 23 heavy (non-hydrogen) atoms. The normalized spacial score (nSPS) is 10.5. The number of carbonyl (C=O) groups excluding carboxylic acids is 2. The number of para-hydroxylation sites is 1. The summed E-state index contributed by atoms with van der Waals surface area (Å²) in [6.07, 6.45) is 0. The molecule has 1 amide bonds. The van der Waals surface area contributed by atoms with E-state index >= 15 is 0 Å². The van der Waals surface area contributed by atoms with Crippen LogP contribution in [0.15, 0.2) is 42.5 Å². The van der Waals surface area contributed by atoms with Crippen molar-refractivity contribution < 1.29 is 14.3 Å². The van der Waals surface area contributed by atoms with Crippen molar-refractivity contribution in [1.82, 2.24) is 9.97 Å². The zero-order chi connectivity index (χ0) is 16.4. The summed E-state index contributed by atoms with van der Waals surface area (Å²) in [5.41, 5.74) is 2.95. The van der Waals surface area contributed by atoms with Gasteiger partial charge in [-0.25, -0.2) is 9.78 Å². The van der Waals surface area contributed by atoms with E-state index < -0.39 is 5.97 Å². The van der Waals surface area contributed by atoms with Crippen LogP contribution in [0.25, 0.3) is 11.0 Å². The molecule has 0 atom stereocenters. The van der Waals surface area contributed by atoms with Gasteiger partial charge in [-0.15, -0.1) is 0 Å². The first-order valence-electron chi connectivity index (χ1n) is 7.03. The van der Waals surface area contributed by atoms with Crippen LogP contribution in [-0.2, 0) is 4.74 Å². The number of hydrogen-bond acceptors (Lipinski definition) is 4. The lowest BCUT2D eigenvalue weighted by molar-refractivity contribution is 0.0600. The van der Waals surface area contributed by atoms with Crippen LogP contribution in [0.5, 0.6) is 0 Å². The molecule has 1 aromatic heterocycles. The van der Waals surface area contributed by atoms with Crippen LogP contribution in [0.2, 0.25) is 0 Å². The van der Waals surface area contributed by atoms with Gasteiger partial charge in [-0.2, -0.15) is 0 Å². The SMILES string of the molecule is COC(=O)c1ccc(NC(=O)c2cccc3[nH]c(C)nc23)cc1. The number of nitrogens with zero attached hydrogens (tertiary/aromatic N) is 1. The number of rotatable bonds is 3. The lowest BCUT2D eigenvalue weighted by Crippen LogP contribution is -2.12. The van der Waals surface area contributed by atoms with Crippen molar-refractivity contribution in [2.24, 2.45) is 0 Å². The molecule has 0 radical (unpaired) electrons. The van der Waals surface area contributed by atoms with E-state index in [-0.39, 0.29) is 5.91 Å². The van der Waals surface area contributed by atoms with Gasteiger partial charge in [-0.05, 0) is 43.3 Å². The Kier molecular flexibility index (Phi) is 3.80. The lowest BCUT2D eigenvalue weighted by atomic mass is 10.1. The molecule has 0 aliphatic heterocycles. The van der Waals surface area contributed by atoms with Gasteiger partial charge in [0, 0.05) is 5.69 Å². The molecule has 0 aliphatic carbocycles. The number of aryl methyl sites for hydroxylation is 1. The van der Waals surface area contributed by atoms with Crippen molar-refractivity contribution in [2.75, 3.05) is 12.4 Å². The summed E-state index contributed by atoms with van der Waals surface area (Å²) in [5, 5.41) is 2.80. The highest BCUT2D eigenvalue weighted by Gasteiger charge is 2.13. The molecule has 0 unspecified atom stereocenters. The molecule has 3 rings (SSSR count). The summed E-state index contributed by atoms with van der Waals surface area (Å²) < 4.78 is 4.64. The van der Waals surface area contributed by atoms with Crippen LogP contribution in [0.4, 0.5) is 5.69 Å². The standard InChI is InChI=1S/C17H15N3O3/c1-10-18-14-5-3-4-13(15(14)19-10)16(21)20-12-8-6-11(7-9-12)17(22)23-2/h3-9H,1-2H3,(H,18,19)(H,20,21). The predicted octanol–water partition coefficient (Wildman–Crippen LogP) is 2.91. The van der Waals surface area contributed by atoms with E-state index in [1.54, 1.807) is 36.4 Å². The second kappa shape index (κ2) is 5.92. The van der Waals surface area contributed by atoms with Crippen molar-refractivity contribution in [1.29, 1.82) is 0 Å². The van der Waals surface area contributed by atoms with Gasteiger partial charge in [-0.1, -0.05) is 6.07 Å². The number of carbonyl (C=O) groups is 2. The van der Waals surface area contributed by atoms with Gasteiger partial charge in [0.15, 0.2) is 0 Å². The molecule has 0 saturated carbocycles. The smallest absolute Gasteiger partial charge is 0.337 e. The quantitative estimate of drug-likeness (QED) is 0.729. The number of H-pyrrole nitrogens is 1. The Morgan fingerprint density at radius 1 is 1.13 bits per heavy atom. The summed E-state index contributed by atoms with van der Waals surface area (Å²) in [5.74, 6) is 0.0789. The Balaban J connectivity index is 1.84. The fraction of sp³-hybridized carbons (Fsp3) is 0.118. The zero-order valence-electron chi connectivity index (χ0n) is 12.7. The van der Waals surface area contributed by atoms with Crippen molar-refractivity contribution in [3.63, 3.8) is 0 Å². The van der Waals surface area contributed by atoms with Gasteiger partial charge in [0.2, 0.25) is 0 Å². The number of amides is 1. The van der Waals surface area contributed by atoms with E-state index in [0.29, 0.717) is 22.3 Å². The minimum atomic E-state index is -0.417. The number of nitrogens with one attached hydrogen (secondary N) is 2. The number of benzene rings is 2. The highest BCUT2D eigenvalue weighted by Crippen LogP contribution is 2.18. The first kappa shape index (κ1) is 14.8. The average molecular weight is 309 g/mol. The van der Waals surface area contributed by atoms with Crippen LogP contribution in [-0.4, -0.2) is 29.0 Å². The summed E-state index contributed by atoms with van der Waals surface area (Å²) >= 11 is 0. The molecule has 1 heterocycles. The first-order chi connectivity index (χ1) is 11.1. The number of methoxy groups -OCH3 is 1. The van der Waals surface area contributed by atoms with Gasteiger partial charge in [-0.3, -0.25) is 4.79 Å². The molecule has 0 fully saturated rings. The third kappa shape index (κ3) is 2.91. The molecule has 116 valence electrons. The van der Waals surface area contributed by atoms with E-state index in [2.05, 4.69) is 20.0 Å². The van der Waals surface area contributed by atoms with Crippen molar-refractivity contribution >= 4 is 28.6 Å². The van der Waals surface area contributed by atoms with Gasteiger partial charge >= 0.3 is 5.97 Å². The monoisotopic (exact) mass is 309 g/mol. The Hall–Kier alpha value is -3.15. The van der Waals surface area contributed by atoms with Gasteiger partial charge < -0.3 is 15.0 Å². The van der Waals surface area contributed by atoms with Crippen LogP contribution in [0.3, 0.4) is 0 Å². The Morgan fingerprint density at radius 3 is 2.57 bits per heavy atom. The molecule has 0 bridgehead atoms. The van der Waals surface area contributed by atoms with Crippen molar-refractivity contribution in [3.8, 4) is 0 Å². The number of aromatic amines is 1. The minimum Gasteiger partial charge on any atom is -0.465 e. The van der Waals surface area contributed by atoms with Gasteiger partial charge in [0.25, 0.3) is 5.91 Å². The van der Waals surface area contributed by atoms with E-state index in [1.165, 1.54) is 7.11 Å². The zero-order valence-corrected chi connectivity index (χ0v) is 12.7. The van der Waals surface area contributed by atoms with Gasteiger partial charge in [0.1, 0.15) is 11.3 Å². The van der Waals surface area contributed by atoms with E-state index in [0.717, 1.165) is 11.3 Å². The number of imidazole rings is 1. The van der Waals surface area contributed by atoms with E-state index in [9.17, 15) is 9.59 Å². The average Bonchev–Trinajstić information content (AvgIpc) is 2.94. The number of fused-ring (bicyclic) bond motifs is 1. The maximum Gasteiger partial charge on any atom is 0.337 e. The molecule has 3 aromatic rings. The van der Waals surface area contributed by atoms with E-state index in [1.807, 2.05) is 13.0 Å². The second-order valence-corrected chi connectivity index (χ2v) is 5.05. The largest absolute Gasteiger partial charge is 0.465 e. The number of esters is 1. The fourth-order valence-corrected chi connectivity index (χ4v) is 2.34. The molecule has 6 heteroatoms. The summed E-state index contributed by atoms with van der Waals surface area (Å²) in [6, 6.07) is 11.9. The fourth-order valence-electron chi connectivity index (χ4n) is 2.34. The topological polar surface area (TPSA) is 84.1 Å². The number of anilines is 1. The maximum absolute atomic E-state index is 12.5. The highest BCUT2D eigenvalue weighted by molar-refractivity contribution is 6.11. The van der Waals surface area contributed by atoms with Crippen LogP contribution in [0.1, 0.15) is 26.5 Å². The molecule has 0 saturated heterocycles. The predicted molar refractivity (Wildman–Crippen MR) is 86.6 cm³/mol. The molecule has 2 aromatic carbocycles. The molecule has 0 spiro atoms.